The Balaban J connectivity index is 1.87. The summed E-state index contributed by atoms with van der Waals surface area (Å²) in [6, 6.07) is 15.8. The molecule has 0 amide bonds. The zero-order valence-electron chi connectivity index (χ0n) is 12.5. The molecule has 0 aliphatic heterocycles. The summed E-state index contributed by atoms with van der Waals surface area (Å²) >= 11 is 0. The number of benzene rings is 2. The Bertz CT molecular complexity index is 962. The molecule has 0 spiro atoms. The van der Waals surface area contributed by atoms with Crippen LogP contribution in [0.2, 0.25) is 0 Å². The number of hydrogen-bond acceptors (Lipinski definition) is 3. The Morgan fingerprint density at radius 2 is 1.62 bits per heavy atom. The molecule has 0 atom stereocenters. The lowest BCUT2D eigenvalue weighted by molar-refractivity contribution is 0.0696. The maximum Gasteiger partial charge on any atom is 0.335 e. The molecule has 0 aliphatic carbocycles. The monoisotopic (exact) mass is 342 g/mol. The Labute approximate surface area is 139 Å². The van der Waals surface area contributed by atoms with Gasteiger partial charge < -0.3 is 9.67 Å². The van der Waals surface area contributed by atoms with Crippen molar-refractivity contribution in [2.45, 2.75) is 4.90 Å². The van der Waals surface area contributed by atoms with Crippen LogP contribution in [0.25, 0.3) is 5.69 Å². The van der Waals surface area contributed by atoms with Crippen LogP contribution in [0.1, 0.15) is 10.4 Å². The molecule has 1 heterocycles. The van der Waals surface area contributed by atoms with Crippen molar-refractivity contribution in [3.8, 4) is 5.69 Å². The number of sulfonamides is 1. The SMILES string of the molecule is O=C(O)c1ccc(S(=O)(=O)Nc2cccc(-n3cccc3)c2)cc1. The number of aromatic carboxylic acids is 1. The smallest absolute Gasteiger partial charge is 0.335 e. The van der Waals surface area contributed by atoms with Crippen LogP contribution in [0.3, 0.4) is 0 Å². The average Bonchev–Trinajstić information content (AvgIpc) is 3.09. The van der Waals surface area contributed by atoms with Crippen molar-refractivity contribution in [2.24, 2.45) is 0 Å². The molecule has 0 saturated carbocycles. The fourth-order valence-corrected chi connectivity index (χ4v) is 3.28. The van der Waals surface area contributed by atoms with E-state index in [0.717, 1.165) is 5.69 Å². The van der Waals surface area contributed by atoms with Gasteiger partial charge in [0.25, 0.3) is 10.0 Å². The van der Waals surface area contributed by atoms with Gasteiger partial charge in [-0.05, 0) is 54.6 Å². The van der Waals surface area contributed by atoms with E-state index < -0.39 is 16.0 Å². The predicted octanol–water partition coefficient (Wildman–Crippen LogP) is 2.98. The van der Waals surface area contributed by atoms with Crippen molar-refractivity contribution in [3.05, 3.63) is 78.6 Å². The highest BCUT2D eigenvalue weighted by atomic mass is 32.2. The second-order valence-corrected chi connectivity index (χ2v) is 6.76. The van der Waals surface area contributed by atoms with Gasteiger partial charge in [-0.1, -0.05) is 6.07 Å². The van der Waals surface area contributed by atoms with Crippen molar-refractivity contribution < 1.29 is 18.3 Å². The zero-order chi connectivity index (χ0) is 17.2. The molecular formula is C17H14N2O4S. The lowest BCUT2D eigenvalue weighted by Crippen LogP contribution is -2.13. The maximum absolute atomic E-state index is 12.4. The first-order valence-electron chi connectivity index (χ1n) is 7.05. The van der Waals surface area contributed by atoms with Crippen LogP contribution in [0, 0.1) is 0 Å². The molecule has 3 rings (SSSR count). The van der Waals surface area contributed by atoms with Gasteiger partial charge in [0.05, 0.1) is 16.1 Å². The van der Waals surface area contributed by atoms with Crippen LogP contribution in [-0.4, -0.2) is 24.1 Å². The van der Waals surface area contributed by atoms with Crippen LogP contribution in [0.5, 0.6) is 0 Å². The largest absolute Gasteiger partial charge is 0.478 e. The predicted molar refractivity (Wildman–Crippen MR) is 90.0 cm³/mol. The van der Waals surface area contributed by atoms with E-state index in [1.807, 2.05) is 35.2 Å². The number of anilines is 1. The average molecular weight is 342 g/mol. The van der Waals surface area contributed by atoms with Crippen LogP contribution < -0.4 is 4.72 Å². The molecule has 0 unspecified atom stereocenters. The van der Waals surface area contributed by atoms with Gasteiger partial charge >= 0.3 is 5.97 Å². The van der Waals surface area contributed by atoms with Gasteiger partial charge in [0, 0.05) is 18.1 Å². The quantitative estimate of drug-likeness (QED) is 0.746. The number of aromatic nitrogens is 1. The van der Waals surface area contributed by atoms with Crippen LogP contribution in [0.15, 0.2) is 78.0 Å². The lowest BCUT2D eigenvalue weighted by Gasteiger charge is -2.10. The Hall–Kier alpha value is -3.06. The second-order valence-electron chi connectivity index (χ2n) is 5.08. The maximum atomic E-state index is 12.4. The normalized spacial score (nSPS) is 11.2. The molecule has 1 aromatic heterocycles. The summed E-state index contributed by atoms with van der Waals surface area (Å²) in [5, 5.41) is 8.87. The zero-order valence-corrected chi connectivity index (χ0v) is 13.3. The topological polar surface area (TPSA) is 88.4 Å². The van der Waals surface area contributed by atoms with E-state index in [2.05, 4.69) is 4.72 Å². The third-order valence-electron chi connectivity index (χ3n) is 3.41. The molecule has 122 valence electrons. The van der Waals surface area contributed by atoms with E-state index in [9.17, 15) is 13.2 Å². The van der Waals surface area contributed by atoms with E-state index >= 15 is 0 Å². The molecule has 7 heteroatoms. The Kier molecular flexibility index (Phi) is 4.09. The molecule has 6 nitrogen and oxygen atoms in total. The molecule has 0 bridgehead atoms. The van der Waals surface area contributed by atoms with Crippen molar-refractivity contribution >= 4 is 21.7 Å². The molecule has 0 aliphatic rings. The van der Waals surface area contributed by atoms with E-state index in [4.69, 9.17) is 5.11 Å². The summed E-state index contributed by atoms with van der Waals surface area (Å²) in [4.78, 5) is 10.8. The summed E-state index contributed by atoms with van der Waals surface area (Å²) in [7, 11) is -3.79. The van der Waals surface area contributed by atoms with Crippen LogP contribution in [0.4, 0.5) is 5.69 Å². The molecular weight excluding hydrogens is 328 g/mol. The molecule has 2 aromatic carbocycles. The van der Waals surface area contributed by atoms with Gasteiger partial charge in [-0.15, -0.1) is 0 Å². The van der Waals surface area contributed by atoms with Gasteiger partial charge in [-0.3, -0.25) is 4.72 Å². The first kappa shape index (κ1) is 15.8. The Morgan fingerprint density at radius 1 is 0.958 bits per heavy atom. The Morgan fingerprint density at radius 3 is 2.25 bits per heavy atom. The fourth-order valence-electron chi connectivity index (χ4n) is 2.23. The molecule has 0 radical (unpaired) electrons. The highest BCUT2D eigenvalue weighted by Crippen LogP contribution is 2.19. The molecule has 2 N–H and O–H groups in total. The molecule has 0 fully saturated rings. The number of rotatable bonds is 5. The van der Waals surface area contributed by atoms with Crippen molar-refractivity contribution in [2.75, 3.05) is 4.72 Å². The van der Waals surface area contributed by atoms with Gasteiger partial charge in [-0.25, -0.2) is 13.2 Å². The minimum absolute atomic E-state index is 0.00105. The van der Waals surface area contributed by atoms with Gasteiger partial charge in [0.2, 0.25) is 0 Å². The number of nitrogens with one attached hydrogen (secondary N) is 1. The van der Waals surface area contributed by atoms with E-state index in [1.165, 1.54) is 24.3 Å². The summed E-state index contributed by atoms with van der Waals surface area (Å²) in [6.07, 6.45) is 3.72. The number of hydrogen-bond donors (Lipinski definition) is 2. The summed E-state index contributed by atoms with van der Waals surface area (Å²) in [6.45, 7) is 0. The van der Waals surface area contributed by atoms with Gasteiger partial charge in [0.15, 0.2) is 0 Å². The van der Waals surface area contributed by atoms with Crippen LogP contribution in [-0.2, 0) is 10.0 Å². The summed E-state index contributed by atoms with van der Waals surface area (Å²) in [5.74, 6) is -1.11. The van der Waals surface area contributed by atoms with E-state index in [-0.39, 0.29) is 10.5 Å². The molecule has 24 heavy (non-hydrogen) atoms. The number of carbonyl (C=O) groups is 1. The standard InChI is InChI=1S/C17H14N2O4S/c20-17(21)13-6-8-16(9-7-13)24(22,23)18-14-4-3-5-15(12-14)19-10-1-2-11-19/h1-12,18H,(H,20,21). The first-order valence-corrected chi connectivity index (χ1v) is 8.54. The number of carboxylic acid groups (broad SMARTS) is 1. The second kappa shape index (κ2) is 6.21. The third-order valence-corrected chi connectivity index (χ3v) is 4.81. The van der Waals surface area contributed by atoms with E-state index in [1.54, 1.807) is 18.2 Å². The first-order chi connectivity index (χ1) is 11.5. The van der Waals surface area contributed by atoms with Crippen molar-refractivity contribution in [3.63, 3.8) is 0 Å². The minimum atomic E-state index is -3.79. The van der Waals surface area contributed by atoms with Gasteiger partial charge in [0.1, 0.15) is 0 Å². The minimum Gasteiger partial charge on any atom is -0.478 e. The van der Waals surface area contributed by atoms with Crippen LogP contribution >= 0.6 is 0 Å². The number of carboxylic acids is 1. The summed E-state index contributed by atoms with van der Waals surface area (Å²) < 4.78 is 29.2. The highest BCUT2D eigenvalue weighted by molar-refractivity contribution is 7.92. The lowest BCUT2D eigenvalue weighted by atomic mass is 10.2. The van der Waals surface area contributed by atoms with Crippen molar-refractivity contribution in [1.82, 2.24) is 4.57 Å². The molecule has 3 aromatic rings. The third kappa shape index (κ3) is 3.31. The molecule has 0 saturated heterocycles. The summed E-state index contributed by atoms with van der Waals surface area (Å²) in [5.41, 5.74) is 1.27. The van der Waals surface area contributed by atoms with Gasteiger partial charge in [-0.2, -0.15) is 0 Å². The van der Waals surface area contributed by atoms with E-state index in [0.29, 0.717) is 5.69 Å². The highest BCUT2D eigenvalue weighted by Gasteiger charge is 2.15. The number of nitrogens with zero attached hydrogens (tertiary/aromatic N) is 1. The fraction of sp³-hybridized carbons (Fsp3) is 0. The van der Waals surface area contributed by atoms with Crippen molar-refractivity contribution in [1.29, 1.82) is 0 Å².